The molecular formula is C24H30O4S. The molecule has 156 valence electrons. The third kappa shape index (κ3) is 8.73. The van der Waals surface area contributed by atoms with Gasteiger partial charge in [-0.15, -0.1) is 12.6 Å². The maximum absolute atomic E-state index is 12.2. The van der Waals surface area contributed by atoms with Crippen LogP contribution in [-0.2, 0) is 0 Å². The van der Waals surface area contributed by atoms with Gasteiger partial charge in [0, 0.05) is 5.56 Å². The van der Waals surface area contributed by atoms with E-state index in [2.05, 4.69) is 19.6 Å². The molecule has 29 heavy (non-hydrogen) atoms. The Kier molecular flexibility index (Phi) is 10.4. The summed E-state index contributed by atoms with van der Waals surface area (Å²) in [6.45, 7) is 2.93. The van der Waals surface area contributed by atoms with Gasteiger partial charge in [0.25, 0.3) is 0 Å². The summed E-state index contributed by atoms with van der Waals surface area (Å²) < 4.78 is 11.1. The molecule has 0 unspecified atom stereocenters. The Bertz CT molecular complexity index is 753. The lowest BCUT2D eigenvalue weighted by atomic mass is 10.1. The molecule has 0 spiro atoms. The number of benzene rings is 2. The Morgan fingerprint density at radius 1 is 0.724 bits per heavy atom. The zero-order chi connectivity index (χ0) is 20.9. The summed E-state index contributed by atoms with van der Waals surface area (Å²) in [6.07, 6.45) is 10.1. The lowest BCUT2D eigenvalue weighted by molar-refractivity contribution is 0.0734. The topological polar surface area (TPSA) is 52.6 Å². The van der Waals surface area contributed by atoms with Gasteiger partial charge in [-0.25, -0.2) is 4.79 Å². The lowest BCUT2D eigenvalue weighted by Crippen LogP contribution is -2.08. The van der Waals surface area contributed by atoms with Gasteiger partial charge >= 0.3 is 5.97 Å². The predicted molar refractivity (Wildman–Crippen MR) is 119 cm³/mol. The molecule has 0 saturated carbocycles. The molecule has 0 aromatic heterocycles. The average molecular weight is 415 g/mol. The zero-order valence-corrected chi connectivity index (χ0v) is 18.0. The first kappa shape index (κ1) is 23.0. The van der Waals surface area contributed by atoms with Crippen molar-refractivity contribution >= 4 is 23.7 Å². The van der Waals surface area contributed by atoms with Crippen molar-refractivity contribution < 1.29 is 19.1 Å². The number of carbonyl (C=O) groups is 2. The number of hydrogen-bond acceptors (Lipinski definition) is 4. The van der Waals surface area contributed by atoms with Crippen LogP contribution in [0.5, 0.6) is 11.5 Å². The highest BCUT2D eigenvalue weighted by molar-refractivity contribution is 7.97. The molecule has 0 atom stereocenters. The van der Waals surface area contributed by atoms with Crippen molar-refractivity contribution in [2.24, 2.45) is 0 Å². The molecule has 0 saturated heterocycles. The minimum atomic E-state index is -0.454. The normalized spacial score (nSPS) is 10.6. The molecule has 2 aromatic rings. The zero-order valence-electron chi connectivity index (χ0n) is 17.1. The Hall–Kier alpha value is -2.27. The van der Waals surface area contributed by atoms with E-state index >= 15 is 0 Å². The molecule has 5 heteroatoms. The van der Waals surface area contributed by atoms with Gasteiger partial charge in [0.05, 0.1) is 12.2 Å². The molecular weight excluding hydrogens is 384 g/mol. The Balaban J connectivity index is 1.68. The Labute approximate surface area is 179 Å². The summed E-state index contributed by atoms with van der Waals surface area (Å²) in [7, 11) is 0. The number of hydrogen-bond donors (Lipinski definition) is 1. The van der Waals surface area contributed by atoms with E-state index in [1.807, 2.05) is 0 Å². The SMILES string of the molecule is CCCCCCCCCCOc1ccc(C(=O)Oc2ccc(C(=O)S)cc2)cc1. The number of thiol groups is 1. The van der Waals surface area contributed by atoms with Crippen LogP contribution >= 0.6 is 12.6 Å². The highest BCUT2D eigenvalue weighted by Gasteiger charge is 2.09. The Morgan fingerprint density at radius 3 is 1.83 bits per heavy atom. The van der Waals surface area contributed by atoms with Gasteiger partial charge in [0.2, 0.25) is 5.12 Å². The maximum atomic E-state index is 12.2. The van der Waals surface area contributed by atoms with E-state index in [4.69, 9.17) is 9.47 Å². The second-order valence-corrected chi connectivity index (χ2v) is 7.47. The number of esters is 1. The summed E-state index contributed by atoms with van der Waals surface area (Å²) in [5, 5.41) is -0.328. The van der Waals surface area contributed by atoms with Gasteiger partial charge in [-0.1, -0.05) is 51.9 Å². The first-order chi connectivity index (χ1) is 14.1. The van der Waals surface area contributed by atoms with Crippen LogP contribution in [0.25, 0.3) is 0 Å². The van der Waals surface area contributed by atoms with Crippen molar-refractivity contribution in [1.82, 2.24) is 0 Å². The van der Waals surface area contributed by atoms with Crippen LogP contribution < -0.4 is 9.47 Å². The highest BCUT2D eigenvalue weighted by Crippen LogP contribution is 2.18. The van der Waals surface area contributed by atoms with Gasteiger partial charge < -0.3 is 9.47 Å². The number of carbonyl (C=O) groups excluding carboxylic acids is 2. The Morgan fingerprint density at radius 2 is 1.24 bits per heavy atom. The standard InChI is InChI=1S/C24H30O4S/c1-2-3-4-5-6-7-8-9-18-27-21-14-10-19(11-15-21)23(25)28-22-16-12-20(13-17-22)24(26)29/h10-17H,2-9,18H2,1H3,(H,26,29). The van der Waals surface area contributed by atoms with Gasteiger partial charge in [-0.2, -0.15) is 0 Å². The van der Waals surface area contributed by atoms with E-state index in [-0.39, 0.29) is 5.12 Å². The van der Waals surface area contributed by atoms with Crippen LogP contribution in [0.15, 0.2) is 48.5 Å². The number of rotatable bonds is 13. The van der Waals surface area contributed by atoms with Crippen LogP contribution in [0.3, 0.4) is 0 Å². The van der Waals surface area contributed by atoms with Gasteiger partial charge in [0.15, 0.2) is 0 Å². The second-order valence-electron chi connectivity index (χ2n) is 7.07. The summed E-state index contributed by atoms with van der Waals surface area (Å²) in [5.41, 5.74) is 0.893. The molecule has 0 heterocycles. The van der Waals surface area contributed by atoms with Gasteiger partial charge in [-0.3, -0.25) is 4.79 Å². The molecule has 4 nitrogen and oxygen atoms in total. The smallest absolute Gasteiger partial charge is 0.343 e. The third-order valence-electron chi connectivity index (χ3n) is 4.67. The van der Waals surface area contributed by atoms with Crippen molar-refractivity contribution in [3.63, 3.8) is 0 Å². The summed E-state index contributed by atoms with van der Waals surface area (Å²) in [4.78, 5) is 23.4. The number of unbranched alkanes of at least 4 members (excludes halogenated alkanes) is 7. The van der Waals surface area contributed by atoms with E-state index in [0.29, 0.717) is 23.5 Å². The molecule has 0 fully saturated rings. The summed E-state index contributed by atoms with van der Waals surface area (Å²) in [6, 6.07) is 13.2. The second kappa shape index (κ2) is 13.0. The van der Waals surface area contributed by atoms with Crippen LogP contribution in [-0.4, -0.2) is 17.7 Å². The molecule has 0 radical (unpaired) electrons. The van der Waals surface area contributed by atoms with Gasteiger partial charge in [-0.05, 0) is 55.0 Å². The molecule has 0 amide bonds. The fourth-order valence-electron chi connectivity index (χ4n) is 2.94. The van der Waals surface area contributed by atoms with Crippen LogP contribution in [0.4, 0.5) is 0 Å². The van der Waals surface area contributed by atoms with Crippen molar-refractivity contribution in [3.05, 3.63) is 59.7 Å². The van der Waals surface area contributed by atoms with Crippen molar-refractivity contribution in [2.75, 3.05) is 6.61 Å². The van der Waals surface area contributed by atoms with E-state index < -0.39 is 5.97 Å². The van der Waals surface area contributed by atoms with E-state index in [9.17, 15) is 9.59 Å². The molecule has 2 rings (SSSR count). The van der Waals surface area contributed by atoms with Crippen molar-refractivity contribution in [2.45, 2.75) is 58.3 Å². The number of ether oxygens (including phenoxy) is 2. The molecule has 0 aliphatic rings. The molecule has 0 aliphatic carbocycles. The lowest BCUT2D eigenvalue weighted by Gasteiger charge is -2.08. The maximum Gasteiger partial charge on any atom is 0.343 e. The monoisotopic (exact) mass is 414 g/mol. The predicted octanol–water partition coefficient (Wildman–Crippen LogP) is 6.50. The van der Waals surface area contributed by atoms with E-state index in [0.717, 1.165) is 12.2 Å². The fraction of sp³-hybridized carbons (Fsp3) is 0.417. The first-order valence-corrected chi connectivity index (χ1v) is 10.8. The van der Waals surface area contributed by atoms with Crippen LogP contribution in [0, 0.1) is 0 Å². The first-order valence-electron chi connectivity index (χ1n) is 10.4. The van der Waals surface area contributed by atoms with E-state index in [1.165, 1.54) is 44.9 Å². The highest BCUT2D eigenvalue weighted by atomic mass is 32.1. The summed E-state index contributed by atoms with van der Waals surface area (Å²) >= 11 is 3.76. The molecule has 0 N–H and O–H groups in total. The molecule has 2 aromatic carbocycles. The van der Waals surface area contributed by atoms with Crippen LogP contribution in [0.2, 0.25) is 0 Å². The minimum Gasteiger partial charge on any atom is -0.494 e. The third-order valence-corrected chi connectivity index (χ3v) is 4.93. The molecule has 0 aliphatic heterocycles. The molecule has 0 bridgehead atoms. The van der Waals surface area contributed by atoms with E-state index in [1.54, 1.807) is 48.5 Å². The van der Waals surface area contributed by atoms with Crippen LogP contribution in [0.1, 0.15) is 79.0 Å². The largest absolute Gasteiger partial charge is 0.494 e. The van der Waals surface area contributed by atoms with Crippen molar-refractivity contribution in [1.29, 1.82) is 0 Å². The van der Waals surface area contributed by atoms with Gasteiger partial charge in [0.1, 0.15) is 11.5 Å². The fourth-order valence-corrected chi connectivity index (χ4v) is 3.09. The summed E-state index contributed by atoms with van der Waals surface area (Å²) in [5.74, 6) is 0.675. The minimum absolute atomic E-state index is 0.328. The average Bonchev–Trinajstić information content (AvgIpc) is 2.73. The van der Waals surface area contributed by atoms with Crippen molar-refractivity contribution in [3.8, 4) is 11.5 Å². The quantitative estimate of drug-likeness (QED) is 0.176.